The number of rotatable bonds is 7. The first-order valence-electron chi connectivity index (χ1n) is 6.29. The second-order valence-corrected chi connectivity index (χ2v) is 4.10. The molecule has 1 aromatic rings. The summed E-state index contributed by atoms with van der Waals surface area (Å²) in [6.45, 7) is 5.61. The van der Waals surface area contributed by atoms with Gasteiger partial charge >= 0.3 is 0 Å². The van der Waals surface area contributed by atoms with Crippen molar-refractivity contribution in [3.05, 3.63) is 24.0 Å². The number of anilines is 1. The Labute approximate surface area is 103 Å². The van der Waals surface area contributed by atoms with Crippen LogP contribution in [0.2, 0.25) is 0 Å². The average Bonchev–Trinajstić information content (AvgIpc) is 2.39. The van der Waals surface area contributed by atoms with Crippen LogP contribution >= 0.6 is 0 Å². The number of nitrogens with two attached hydrogens (primary N) is 1. The smallest absolute Gasteiger partial charge is 0.0606 e. The van der Waals surface area contributed by atoms with Crippen LogP contribution in [-0.2, 0) is 6.54 Å². The van der Waals surface area contributed by atoms with E-state index in [0.717, 1.165) is 24.2 Å². The summed E-state index contributed by atoms with van der Waals surface area (Å²) in [5, 5.41) is 9.16. The molecule has 1 heterocycles. The molecular formula is C13H23N3O. The molecule has 0 aliphatic carbocycles. The van der Waals surface area contributed by atoms with Gasteiger partial charge in [-0.25, -0.2) is 0 Å². The van der Waals surface area contributed by atoms with Gasteiger partial charge in [-0.05, 0) is 25.0 Å². The van der Waals surface area contributed by atoms with Gasteiger partial charge in [0.05, 0.1) is 24.2 Å². The molecule has 0 fully saturated rings. The van der Waals surface area contributed by atoms with Crippen LogP contribution in [-0.4, -0.2) is 29.3 Å². The lowest BCUT2D eigenvalue weighted by Gasteiger charge is -2.31. The minimum Gasteiger partial charge on any atom is -0.395 e. The number of aromatic nitrogens is 1. The van der Waals surface area contributed by atoms with E-state index < -0.39 is 0 Å². The molecule has 0 aliphatic heterocycles. The van der Waals surface area contributed by atoms with Crippen LogP contribution in [0.25, 0.3) is 0 Å². The number of nitrogens with zero attached hydrogens (tertiary/aromatic N) is 2. The maximum Gasteiger partial charge on any atom is 0.0606 e. The van der Waals surface area contributed by atoms with Crippen molar-refractivity contribution in [3.8, 4) is 0 Å². The van der Waals surface area contributed by atoms with Crippen LogP contribution in [0.1, 0.15) is 32.4 Å². The van der Waals surface area contributed by atoms with E-state index in [1.165, 1.54) is 0 Å². The topological polar surface area (TPSA) is 62.4 Å². The predicted molar refractivity (Wildman–Crippen MR) is 70.9 cm³/mol. The Morgan fingerprint density at radius 1 is 1.35 bits per heavy atom. The fourth-order valence-electron chi connectivity index (χ4n) is 2.07. The molecule has 0 saturated carbocycles. The predicted octanol–water partition coefficient (Wildman–Crippen LogP) is 1.53. The maximum atomic E-state index is 9.16. The van der Waals surface area contributed by atoms with E-state index in [0.29, 0.717) is 19.1 Å². The summed E-state index contributed by atoms with van der Waals surface area (Å²) in [6, 6.07) is 4.43. The molecule has 1 aromatic heterocycles. The van der Waals surface area contributed by atoms with Crippen LogP contribution < -0.4 is 10.6 Å². The lowest BCUT2D eigenvalue weighted by atomic mass is 10.1. The minimum absolute atomic E-state index is 0.162. The highest BCUT2D eigenvalue weighted by molar-refractivity contribution is 5.45. The van der Waals surface area contributed by atoms with E-state index in [9.17, 15) is 0 Å². The van der Waals surface area contributed by atoms with E-state index in [-0.39, 0.29) is 6.61 Å². The molecule has 0 spiro atoms. The first kappa shape index (κ1) is 13.9. The van der Waals surface area contributed by atoms with Crippen molar-refractivity contribution in [2.24, 2.45) is 5.73 Å². The van der Waals surface area contributed by atoms with Crippen LogP contribution in [0.3, 0.4) is 0 Å². The van der Waals surface area contributed by atoms with Crippen LogP contribution in [0.5, 0.6) is 0 Å². The Kier molecular flexibility index (Phi) is 5.94. The van der Waals surface area contributed by atoms with Gasteiger partial charge in [-0.15, -0.1) is 0 Å². The summed E-state index contributed by atoms with van der Waals surface area (Å²) >= 11 is 0. The molecule has 17 heavy (non-hydrogen) atoms. The molecule has 4 heteroatoms. The van der Waals surface area contributed by atoms with Crippen molar-refractivity contribution in [3.63, 3.8) is 0 Å². The quantitative estimate of drug-likeness (QED) is 0.755. The van der Waals surface area contributed by atoms with E-state index in [2.05, 4.69) is 23.7 Å². The van der Waals surface area contributed by atoms with Crippen molar-refractivity contribution < 1.29 is 5.11 Å². The molecular weight excluding hydrogens is 214 g/mol. The summed E-state index contributed by atoms with van der Waals surface area (Å²) in [7, 11) is 0. The average molecular weight is 237 g/mol. The lowest BCUT2D eigenvalue weighted by Crippen LogP contribution is -2.36. The third-order valence-electron chi connectivity index (χ3n) is 3.07. The normalized spacial score (nSPS) is 10.9. The molecule has 0 radical (unpaired) electrons. The van der Waals surface area contributed by atoms with Gasteiger partial charge in [0, 0.05) is 19.1 Å². The standard InChI is InChI=1S/C13H23N3O/c1-3-12(4-2)16(7-8-17)13-6-5-11(9-14)15-10-13/h5-6,10,12,17H,3-4,7-9,14H2,1-2H3. The Balaban J connectivity index is 2.87. The monoisotopic (exact) mass is 237 g/mol. The molecule has 0 bridgehead atoms. The lowest BCUT2D eigenvalue weighted by molar-refractivity contribution is 0.296. The maximum absolute atomic E-state index is 9.16. The highest BCUT2D eigenvalue weighted by atomic mass is 16.3. The van der Waals surface area contributed by atoms with Gasteiger partial charge in [-0.3, -0.25) is 4.98 Å². The summed E-state index contributed by atoms with van der Waals surface area (Å²) < 4.78 is 0. The number of aliphatic hydroxyl groups excluding tert-OH is 1. The Morgan fingerprint density at radius 3 is 2.47 bits per heavy atom. The molecule has 0 atom stereocenters. The summed E-state index contributed by atoms with van der Waals surface area (Å²) in [4.78, 5) is 6.52. The van der Waals surface area contributed by atoms with Crippen molar-refractivity contribution in [1.82, 2.24) is 4.98 Å². The molecule has 0 amide bonds. The summed E-state index contributed by atoms with van der Waals surface area (Å²) in [5.41, 5.74) is 7.48. The zero-order valence-corrected chi connectivity index (χ0v) is 10.8. The van der Waals surface area contributed by atoms with Crippen LogP contribution in [0, 0.1) is 0 Å². The molecule has 1 rings (SSSR count). The third-order valence-corrected chi connectivity index (χ3v) is 3.07. The van der Waals surface area contributed by atoms with Gasteiger partial charge in [-0.2, -0.15) is 0 Å². The zero-order valence-electron chi connectivity index (χ0n) is 10.8. The van der Waals surface area contributed by atoms with Gasteiger partial charge in [0.25, 0.3) is 0 Å². The first-order valence-corrected chi connectivity index (χ1v) is 6.29. The van der Waals surface area contributed by atoms with Crippen LogP contribution in [0.4, 0.5) is 5.69 Å². The molecule has 96 valence electrons. The first-order chi connectivity index (χ1) is 8.26. The van der Waals surface area contributed by atoms with Crippen molar-refractivity contribution in [2.75, 3.05) is 18.1 Å². The molecule has 0 aliphatic rings. The fraction of sp³-hybridized carbons (Fsp3) is 0.615. The molecule has 0 unspecified atom stereocenters. The van der Waals surface area contributed by atoms with Crippen molar-refractivity contribution >= 4 is 5.69 Å². The van der Waals surface area contributed by atoms with Crippen LogP contribution in [0.15, 0.2) is 18.3 Å². The van der Waals surface area contributed by atoms with Gasteiger partial charge in [0.1, 0.15) is 0 Å². The highest BCUT2D eigenvalue weighted by Gasteiger charge is 2.15. The van der Waals surface area contributed by atoms with Crippen molar-refractivity contribution in [1.29, 1.82) is 0 Å². The van der Waals surface area contributed by atoms with E-state index in [1.807, 2.05) is 18.3 Å². The molecule has 4 nitrogen and oxygen atoms in total. The van der Waals surface area contributed by atoms with Gasteiger partial charge in [-0.1, -0.05) is 13.8 Å². The van der Waals surface area contributed by atoms with Crippen molar-refractivity contribution in [2.45, 2.75) is 39.3 Å². The highest BCUT2D eigenvalue weighted by Crippen LogP contribution is 2.19. The second kappa shape index (κ2) is 7.25. The Bertz CT molecular complexity index is 309. The fourth-order valence-corrected chi connectivity index (χ4v) is 2.07. The van der Waals surface area contributed by atoms with E-state index in [1.54, 1.807) is 0 Å². The van der Waals surface area contributed by atoms with Gasteiger partial charge < -0.3 is 15.7 Å². The molecule has 0 aromatic carbocycles. The number of hydrogen-bond donors (Lipinski definition) is 2. The number of pyridine rings is 1. The van der Waals surface area contributed by atoms with Gasteiger partial charge in [0.2, 0.25) is 0 Å². The van der Waals surface area contributed by atoms with E-state index in [4.69, 9.17) is 10.8 Å². The third kappa shape index (κ3) is 3.68. The Hall–Kier alpha value is -1.13. The number of hydrogen-bond acceptors (Lipinski definition) is 4. The van der Waals surface area contributed by atoms with E-state index >= 15 is 0 Å². The number of aliphatic hydroxyl groups is 1. The summed E-state index contributed by atoms with van der Waals surface area (Å²) in [6.07, 6.45) is 3.97. The summed E-state index contributed by atoms with van der Waals surface area (Å²) in [5.74, 6) is 0. The molecule has 3 N–H and O–H groups in total. The van der Waals surface area contributed by atoms with Gasteiger partial charge in [0.15, 0.2) is 0 Å². The minimum atomic E-state index is 0.162. The second-order valence-electron chi connectivity index (χ2n) is 4.10. The Morgan fingerprint density at radius 2 is 2.06 bits per heavy atom. The largest absolute Gasteiger partial charge is 0.395 e. The SMILES string of the molecule is CCC(CC)N(CCO)c1ccc(CN)nc1. The molecule has 0 saturated heterocycles. The zero-order chi connectivity index (χ0) is 12.7.